The van der Waals surface area contributed by atoms with Gasteiger partial charge in [0.25, 0.3) is 5.91 Å². The summed E-state index contributed by atoms with van der Waals surface area (Å²) in [5.41, 5.74) is 5.50. The van der Waals surface area contributed by atoms with Crippen molar-refractivity contribution in [1.82, 2.24) is 20.1 Å². The monoisotopic (exact) mass is 252 g/mol. The van der Waals surface area contributed by atoms with Gasteiger partial charge in [0.1, 0.15) is 6.54 Å². The molecule has 94 valence electrons. The van der Waals surface area contributed by atoms with E-state index in [1.54, 1.807) is 0 Å². The zero-order valence-electron chi connectivity index (χ0n) is 8.90. The molecule has 4 N–H and O–H groups in total. The van der Waals surface area contributed by atoms with Gasteiger partial charge in [0.2, 0.25) is 11.5 Å². The Hall–Kier alpha value is -2.91. The molecule has 0 aliphatic carbocycles. The maximum atomic E-state index is 11.6. The van der Waals surface area contributed by atoms with Crippen molar-refractivity contribution in [3.05, 3.63) is 18.1 Å². The Morgan fingerprint density at radius 2 is 2.28 bits per heavy atom. The van der Waals surface area contributed by atoms with Crippen molar-refractivity contribution in [2.24, 2.45) is 0 Å². The quantitative estimate of drug-likeness (QED) is 0.639. The van der Waals surface area contributed by atoms with E-state index in [4.69, 9.17) is 10.8 Å². The molecule has 1 amide bonds. The van der Waals surface area contributed by atoms with Gasteiger partial charge in [0, 0.05) is 6.20 Å². The van der Waals surface area contributed by atoms with E-state index in [1.165, 1.54) is 12.4 Å². The number of aliphatic carboxylic acids is 1. The van der Waals surface area contributed by atoms with E-state index in [9.17, 15) is 9.59 Å². The van der Waals surface area contributed by atoms with Gasteiger partial charge in [-0.05, 0) is 10.3 Å². The highest BCUT2D eigenvalue weighted by atomic mass is 16.6. The summed E-state index contributed by atoms with van der Waals surface area (Å²) < 4.78 is 5.43. The molecule has 0 unspecified atom stereocenters. The maximum Gasteiger partial charge on any atom is 0.325 e. The van der Waals surface area contributed by atoms with Crippen molar-refractivity contribution in [3.8, 4) is 0 Å². The Balaban J connectivity index is 2.06. The van der Waals surface area contributed by atoms with Crippen molar-refractivity contribution in [2.75, 3.05) is 11.1 Å². The van der Waals surface area contributed by atoms with Crippen molar-refractivity contribution in [3.63, 3.8) is 0 Å². The number of hydrogen-bond donors (Lipinski definition) is 3. The molecular formula is C8H8N6O4. The third kappa shape index (κ3) is 2.42. The average molecular weight is 252 g/mol. The molecule has 0 spiro atoms. The van der Waals surface area contributed by atoms with Crippen LogP contribution in [0.4, 0.5) is 11.5 Å². The highest BCUT2D eigenvalue weighted by Crippen LogP contribution is 2.10. The van der Waals surface area contributed by atoms with E-state index < -0.39 is 11.9 Å². The number of hydrogen-bond acceptors (Lipinski definition) is 7. The lowest BCUT2D eigenvalue weighted by Gasteiger charge is -1.98. The van der Waals surface area contributed by atoms with Gasteiger partial charge >= 0.3 is 5.97 Å². The molecule has 2 aromatic rings. The summed E-state index contributed by atoms with van der Waals surface area (Å²) in [5.74, 6) is -1.80. The largest absolute Gasteiger partial charge is 0.480 e. The first-order chi connectivity index (χ1) is 8.56. The Labute approximate surface area is 99.3 Å². The number of amides is 1. The average Bonchev–Trinajstić information content (AvgIpc) is 2.87. The van der Waals surface area contributed by atoms with E-state index in [2.05, 4.69) is 25.4 Å². The van der Waals surface area contributed by atoms with Crippen molar-refractivity contribution in [2.45, 2.75) is 6.54 Å². The van der Waals surface area contributed by atoms with Gasteiger partial charge in [-0.1, -0.05) is 0 Å². The van der Waals surface area contributed by atoms with Crippen LogP contribution in [0.3, 0.4) is 0 Å². The first-order valence-corrected chi connectivity index (χ1v) is 4.70. The van der Waals surface area contributed by atoms with Crippen molar-refractivity contribution in [1.29, 1.82) is 0 Å². The Kier molecular flexibility index (Phi) is 2.91. The smallest absolute Gasteiger partial charge is 0.325 e. The number of aromatic nitrogens is 4. The molecule has 10 heteroatoms. The number of carbonyl (C=O) groups is 2. The molecule has 10 nitrogen and oxygen atoms in total. The molecule has 0 aliphatic heterocycles. The fraction of sp³-hybridized carbons (Fsp3) is 0.125. The summed E-state index contributed by atoms with van der Waals surface area (Å²) in [4.78, 5) is 22.1. The second kappa shape index (κ2) is 4.53. The zero-order chi connectivity index (χ0) is 13.1. The SMILES string of the molecule is Nc1nonc1C(=O)Nc1cnn(CC(=O)O)c1. The molecule has 2 heterocycles. The number of carboxylic acid groups (broad SMARTS) is 1. The molecule has 0 saturated carbocycles. The minimum Gasteiger partial charge on any atom is -0.480 e. The highest BCUT2D eigenvalue weighted by molar-refractivity contribution is 6.05. The van der Waals surface area contributed by atoms with Gasteiger partial charge in [0.15, 0.2) is 0 Å². The number of nitrogens with zero attached hydrogens (tertiary/aromatic N) is 4. The molecule has 2 aromatic heterocycles. The van der Waals surface area contributed by atoms with E-state index in [1.807, 2.05) is 0 Å². The van der Waals surface area contributed by atoms with Crippen LogP contribution in [0.15, 0.2) is 17.0 Å². The Morgan fingerprint density at radius 3 is 2.89 bits per heavy atom. The molecular weight excluding hydrogens is 244 g/mol. The van der Waals surface area contributed by atoms with Gasteiger partial charge in [-0.2, -0.15) is 5.10 Å². The molecule has 18 heavy (non-hydrogen) atoms. The second-order valence-electron chi connectivity index (χ2n) is 3.27. The number of anilines is 2. The van der Waals surface area contributed by atoms with Crippen LogP contribution in [0.1, 0.15) is 10.5 Å². The van der Waals surface area contributed by atoms with Crippen LogP contribution in [0.5, 0.6) is 0 Å². The van der Waals surface area contributed by atoms with Crippen LogP contribution >= 0.6 is 0 Å². The van der Waals surface area contributed by atoms with Gasteiger partial charge in [-0.25, -0.2) is 4.63 Å². The summed E-state index contributed by atoms with van der Waals surface area (Å²) in [5, 5.41) is 21.3. The lowest BCUT2D eigenvalue weighted by Crippen LogP contribution is -2.14. The molecule has 0 bridgehead atoms. The number of carboxylic acids is 1. The van der Waals surface area contributed by atoms with Gasteiger partial charge in [-0.15, -0.1) is 0 Å². The number of nitrogen functional groups attached to an aromatic ring is 1. The molecule has 0 saturated heterocycles. The van der Waals surface area contributed by atoms with E-state index >= 15 is 0 Å². The van der Waals surface area contributed by atoms with Crippen LogP contribution in [0.2, 0.25) is 0 Å². The summed E-state index contributed by atoms with van der Waals surface area (Å²) in [7, 11) is 0. The summed E-state index contributed by atoms with van der Waals surface area (Å²) in [6.07, 6.45) is 2.65. The fourth-order valence-corrected chi connectivity index (χ4v) is 1.20. The standard InChI is InChI=1S/C8H8N6O4/c9-7-6(12-18-13-7)8(17)11-4-1-10-14(2-4)3-5(15)16/h1-2H,3H2,(H2,9,13)(H,11,17)(H,15,16). The van der Waals surface area contributed by atoms with Crippen molar-refractivity contribution < 1.29 is 19.3 Å². The fourth-order valence-electron chi connectivity index (χ4n) is 1.20. The predicted molar refractivity (Wildman–Crippen MR) is 56.5 cm³/mol. The van der Waals surface area contributed by atoms with E-state index in [0.717, 1.165) is 4.68 Å². The van der Waals surface area contributed by atoms with Crippen LogP contribution in [-0.4, -0.2) is 37.1 Å². The zero-order valence-corrected chi connectivity index (χ0v) is 8.90. The molecule has 0 aromatic carbocycles. The van der Waals surface area contributed by atoms with Gasteiger partial charge < -0.3 is 16.2 Å². The van der Waals surface area contributed by atoms with Crippen LogP contribution in [-0.2, 0) is 11.3 Å². The van der Waals surface area contributed by atoms with Gasteiger partial charge in [0.05, 0.1) is 11.9 Å². The summed E-state index contributed by atoms with van der Waals surface area (Å²) >= 11 is 0. The summed E-state index contributed by atoms with van der Waals surface area (Å²) in [6, 6.07) is 0. The third-order valence-electron chi connectivity index (χ3n) is 1.92. The Bertz CT molecular complexity index is 588. The number of carbonyl (C=O) groups excluding carboxylic acids is 1. The molecule has 0 aliphatic rings. The van der Waals surface area contributed by atoms with Crippen LogP contribution in [0.25, 0.3) is 0 Å². The second-order valence-corrected chi connectivity index (χ2v) is 3.27. The molecule has 0 radical (unpaired) electrons. The first-order valence-electron chi connectivity index (χ1n) is 4.70. The van der Waals surface area contributed by atoms with Crippen molar-refractivity contribution >= 4 is 23.4 Å². The lowest BCUT2D eigenvalue weighted by molar-refractivity contribution is -0.137. The van der Waals surface area contributed by atoms with Crippen LogP contribution in [0, 0.1) is 0 Å². The minimum atomic E-state index is -1.04. The maximum absolute atomic E-state index is 11.6. The predicted octanol–water partition coefficient (Wildman–Crippen LogP) is -0.815. The van der Waals surface area contributed by atoms with Crippen LogP contribution < -0.4 is 11.1 Å². The molecule has 0 atom stereocenters. The topological polar surface area (TPSA) is 149 Å². The lowest BCUT2D eigenvalue weighted by atomic mass is 10.4. The molecule has 0 fully saturated rings. The summed E-state index contributed by atoms with van der Waals surface area (Å²) in [6.45, 7) is -0.302. The first kappa shape index (κ1) is 11.6. The molecule has 2 rings (SSSR count). The number of nitrogens with one attached hydrogen (secondary N) is 1. The van der Waals surface area contributed by atoms with Gasteiger partial charge in [-0.3, -0.25) is 14.3 Å². The Morgan fingerprint density at radius 1 is 1.50 bits per heavy atom. The van der Waals surface area contributed by atoms with E-state index in [0.29, 0.717) is 5.69 Å². The minimum absolute atomic E-state index is 0.134. The van der Waals surface area contributed by atoms with E-state index in [-0.39, 0.29) is 18.1 Å². The highest BCUT2D eigenvalue weighted by Gasteiger charge is 2.16. The number of nitrogens with two attached hydrogens (primary N) is 1. The number of rotatable bonds is 4. The third-order valence-corrected chi connectivity index (χ3v) is 1.92. The normalized spacial score (nSPS) is 10.2.